The van der Waals surface area contributed by atoms with Gasteiger partial charge in [0.2, 0.25) is 0 Å². The number of benzene rings is 4. The second-order valence-corrected chi connectivity index (χ2v) is 6.87. The van der Waals surface area contributed by atoms with Crippen molar-refractivity contribution in [3.05, 3.63) is 120 Å². The van der Waals surface area contributed by atoms with Crippen molar-refractivity contribution in [2.24, 2.45) is 0 Å². The van der Waals surface area contributed by atoms with E-state index in [0.717, 1.165) is 22.3 Å². The monoisotopic (exact) mass is 366 g/mol. The Morgan fingerprint density at radius 2 is 0.643 bits per heavy atom. The van der Waals surface area contributed by atoms with Crippen molar-refractivity contribution in [1.29, 1.82) is 0 Å². The van der Waals surface area contributed by atoms with Crippen LogP contribution in [-0.2, 0) is 0 Å². The maximum atomic E-state index is 10.6. The minimum Gasteiger partial charge on any atom is -0.385 e. The fraction of sp³-hybridized carbons (Fsp3) is 0.0769. The Morgan fingerprint density at radius 3 is 0.964 bits per heavy atom. The lowest BCUT2D eigenvalue weighted by atomic mass is 9.95. The molecule has 0 aliphatic heterocycles. The summed E-state index contributed by atoms with van der Waals surface area (Å²) in [6, 6.07) is 35.5. The smallest absolute Gasteiger partial charge is 0.109 e. The Labute approximate surface area is 165 Å². The average Bonchev–Trinajstić information content (AvgIpc) is 2.79. The SMILES string of the molecule is O[C@H](c1ccc(-c2ccccc2)cc1)[C@@H](O)c1ccc(-c2ccccc2)cc1. The van der Waals surface area contributed by atoms with Crippen LogP contribution < -0.4 is 0 Å². The maximum absolute atomic E-state index is 10.6. The Kier molecular flexibility index (Phi) is 5.34. The Morgan fingerprint density at radius 1 is 0.357 bits per heavy atom. The minimum absolute atomic E-state index is 0.694. The van der Waals surface area contributed by atoms with Gasteiger partial charge in [0.15, 0.2) is 0 Å². The van der Waals surface area contributed by atoms with Gasteiger partial charge in [-0.05, 0) is 33.4 Å². The van der Waals surface area contributed by atoms with Gasteiger partial charge in [-0.3, -0.25) is 0 Å². The Bertz CT molecular complexity index is 920. The molecule has 0 bridgehead atoms. The molecule has 4 aromatic carbocycles. The molecule has 138 valence electrons. The fourth-order valence-corrected chi connectivity index (χ4v) is 3.37. The summed E-state index contributed by atoms with van der Waals surface area (Å²) < 4.78 is 0. The number of hydrogen-bond donors (Lipinski definition) is 2. The molecule has 0 aliphatic rings. The minimum atomic E-state index is -0.979. The lowest BCUT2D eigenvalue weighted by Gasteiger charge is -2.19. The van der Waals surface area contributed by atoms with E-state index in [2.05, 4.69) is 24.3 Å². The second kappa shape index (κ2) is 8.22. The summed E-state index contributed by atoms with van der Waals surface area (Å²) in [7, 11) is 0. The van der Waals surface area contributed by atoms with Crippen molar-refractivity contribution in [3.63, 3.8) is 0 Å². The molecular formula is C26H22O2. The van der Waals surface area contributed by atoms with Crippen LogP contribution in [0.15, 0.2) is 109 Å². The molecule has 0 aliphatic carbocycles. The first kappa shape index (κ1) is 18.2. The summed E-state index contributed by atoms with van der Waals surface area (Å²) in [6.07, 6.45) is -1.96. The van der Waals surface area contributed by atoms with Gasteiger partial charge in [-0.2, -0.15) is 0 Å². The summed E-state index contributed by atoms with van der Waals surface area (Å²) in [5.41, 5.74) is 5.80. The van der Waals surface area contributed by atoms with Crippen LogP contribution in [-0.4, -0.2) is 10.2 Å². The highest BCUT2D eigenvalue weighted by atomic mass is 16.3. The highest BCUT2D eigenvalue weighted by molar-refractivity contribution is 5.64. The first-order valence-corrected chi connectivity index (χ1v) is 9.39. The van der Waals surface area contributed by atoms with E-state index in [0.29, 0.717) is 11.1 Å². The molecule has 2 N–H and O–H groups in total. The van der Waals surface area contributed by atoms with Crippen LogP contribution in [0.2, 0.25) is 0 Å². The molecule has 0 heterocycles. The van der Waals surface area contributed by atoms with Crippen molar-refractivity contribution < 1.29 is 10.2 Å². The summed E-state index contributed by atoms with van der Waals surface area (Å²) in [5, 5.41) is 21.3. The van der Waals surface area contributed by atoms with Gasteiger partial charge in [0.1, 0.15) is 12.2 Å². The van der Waals surface area contributed by atoms with E-state index in [1.165, 1.54) is 0 Å². The molecule has 0 spiro atoms. The summed E-state index contributed by atoms with van der Waals surface area (Å²) in [6.45, 7) is 0. The zero-order valence-corrected chi connectivity index (χ0v) is 15.4. The number of aliphatic hydroxyl groups is 2. The highest BCUT2D eigenvalue weighted by Crippen LogP contribution is 2.31. The predicted octanol–water partition coefficient (Wildman–Crippen LogP) is 5.79. The van der Waals surface area contributed by atoms with Gasteiger partial charge in [-0.1, -0.05) is 109 Å². The Balaban J connectivity index is 1.50. The molecule has 0 fully saturated rings. The molecule has 28 heavy (non-hydrogen) atoms. The van der Waals surface area contributed by atoms with Gasteiger partial charge in [-0.25, -0.2) is 0 Å². The molecule has 2 nitrogen and oxygen atoms in total. The van der Waals surface area contributed by atoms with E-state index in [-0.39, 0.29) is 0 Å². The first-order chi connectivity index (χ1) is 13.7. The largest absolute Gasteiger partial charge is 0.385 e. The zero-order valence-electron chi connectivity index (χ0n) is 15.4. The second-order valence-electron chi connectivity index (χ2n) is 6.87. The van der Waals surface area contributed by atoms with Gasteiger partial charge in [-0.15, -0.1) is 0 Å². The van der Waals surface area contributed by atoms with Gasteiger partial charge in [0, 0.05) is 0 Å². The van der Waals surface area contributed by atoms with E-state index in [4.69, 9.17) is 0 Å². The molecule has 0 aromatic heterocycles. The van der Waals surface area contributed by atoms with Crippen LogP contribution in [0, 0.1) is 0 Å². The van der Waals surface area contributed by atoms with E-state index < -0.39 is 12.2 Å². The van der Waals surface area contributed by atoms with Crippen molar-refractivity contribution in [2.75, 3.05) is 0 Å². The maximum Gasteiger partial charge on any atom is 0.109 e. The zero-order chi connectivity index (χ0) is 19.3. The van der Waals surface area contributed by atoms with E-state index >= 15 is 0 Å². The predicted molar refractivity (Wildman–Crippen MR) is 114 cm³/mol. The summed E-state index contributed by atoms with van der Waals surface area (Å²) in [4.78, 5) is 0. The molecule has 0 saturated heterocycles. The van der Waals surface area contributed by atoms with Crippen molar-refractivity contribution >= 4 is 0 Å². The van der Waals surface area contributed by atoms with Crippen molar-refractivity contribution in [3.8, 4) is 22.3 Å². The van der Waals surface area contributed by atoms with Crippen LogP contribution in [0.3, 0.4) is 0 Å². The van der Waals surface area contributed by atoms with Crippen LogP contribution in [0.1, 0.15) is 23.3 Å². The van der Waals surface area contributed by atoms with Crippen LogP contribution in [0.5, 0.6) is 0 Å². The van der Waals surface area contributed by atoms with Gasteiger partial charge in [0.05, 0.1) is 0 Å². The topological polar surface area (TPSA) is 40.5 Å². The van der Waals surface area contributed by atoms with Gasteiger partial charge >= 0.3 is 0 Å². The quantitative estimate of drug-likeness (QED) is 0.469. The summed E-state index contributed by atoms with van der Waals surface area (Å²) in [5.74, 6) is 0. The first-order valence-electron chi connectivity index (χ1n) is 9.39. The van der Waals surface area contributed by atoms with Gasteiger partial charge < -0.3 is 10.2 Å². The number of aliphatic hydroxyl groups excluding tert-OH is 2. The molecule has 0 radical (unpaired) electrons. The third-order valence-corrected chi connectivity index (χ3v) is 5.02. The Hall–Kier alpha value is -3.20. The van der Waals surface area contributed by atoms with Crippen LogP contribution in [0.25, 0.3) is 22.3 Å². The molecule has 0 unspecified atom stereocenters. The molecule has 0 amide bonds. The molecule has 4 rings (SSSR count). The molecule has 0 saturated carbocycles. The molecule has 4 aromatic rings. The van der Waals surface area contributed by atoms with Gasteiger partial charge in [0.25, 0.3) is 0 Å². The number of rotatable bonds is 5. The normalized spacial score (nSPS) is 13.1. The fourth-order valence-electron chi connectivity index (χ4n) is 3.37. The van der Waals surface area contributed by atoms with Crippen molar-refractivity contribution in [1.82, 2.24) is 0 Å². The third kappa shape index (κ3) is 3.89. The standard InChI is InChI=1S/C26H22O2/c27-25(23-15-11-21(12-16-23)19-7-3-1-4-8-19)26(28)24-17-13-22(14-18-24)20-9-5-2-6-10-20/h1-18,25-28H/t25-,26+. The van der Waals surface area contributed by atoms with Crippen molar-refractivity contribution in [2.45, 2.75) is 12.2 Å². The summed E-state index contributed by atoms with van der Waals surface area (Å²) >= 11 is 0. The molecule has 2 heteroatoms. The van der Waals surface area contributed by atoms with E-state index in [1.54, 1.807) is 0 Å². The average molecular weight is 366 g/mol. The number of hydrogen-bond acceptors (Lipinski definition) is 2. The third-order valence-electron chi connectivity index (χ3n) is 5.02. The lowest BCUT2D eigenvalue weighted by Crippen LogP contribution is -2.10. The molecule has 2 atom stereocenters. The van der Waals surface area contributed by atoms with Crippen LogP contribution in [0.4, 0.5) is 0 Å². The lowest BCUT2D eigenvalue weighted by molar-refractivity contribution is 0.0172. The van der Waals surface area contributed by atoms with E-state index in [1.807, 2.05) is 84.9 Å². The highest BCUT2D eigenvalue weighted by Gasteiger charge is 2.20. The van der Waals surface area contributed by atoms with E-state index in [9.17, 15) is 10.2 Å². The molecular weight excluding hydrogens is 344 g/mol. The van der Waals surface area contributed by atoms with Crippen LogP contribution >= 0.6 is 0 Å².